The maximum atomic E-state index is 11.7. The predicted octanol–water partition coefficient (Wildman–Crippen LogP) is 6.97. The van der Waals surface area contributed by atoms with Crippen LogP contribution in [0.15, 0.2) is 91.4 Å². The minimum atomic E-state index is -0.482. The Morgan fingerprint density at radius 3 is 2.47 bits per heavy atom. The van der Waals surface area contributed by atoms with E-state index in [1.807, 2.05) is 55.0 Å². The van der Waals surface area contributed by atoms with Crippen molar-refractivity contribution in [2.45, 2.75) is 56.7 Å². The van der Waals surface area contributed by atoms with Crippen LogP contribution < -0.4 is 20.9 Å². The fraction of sp³-hybridized carbons (Fsp3) is 0.343. The molecule has 3 heterocycles. The number of hydrogen-bond donors (Lipinski definition) is 3. The first-order valence-electron chi connectivity index (χ1n) is 15.3. The third-order valence-electron chi connectivity index (χ3n) is 8.59. The molecule has 3 atom stereocenters. The van der Waals surface area contributed by atoms with Crippen LogP contribution in [-0.4, -0.2) is 54.4 Å². The molecule has 6 rings (SSSR count). The van der Waals surface area contributed by atoms with Crippen molar-refractivity contribution in [3.63, 3.8) is 0 Å². The van der Waals surface area contributed by atoms with E-state index in [-0.39, 0.29) is 0 Å². The molecule has 1 aliphatic carbocycles. The highest BCUT2D eigenvalue weighted by Gasteiger charge is 2.29. The molecular weight excluding hydrogens is 536 g/mol. The third kappa shape index (κ3) is 7.32. The number of ether oxygens (including phenoxy) is 1. The van der Waals surface area contributed by atoms with Gasteiger partial charge in [-0.15, -0.1) is 0 Å². The normalized spacial score (nSPS) is 20.3. The lowest BCUT2D eigenvalue weighted by Gasteiger charge is -2.40. The largest absolute Gasteiger partial charge is 0.453 e. The van der Waals surface area contributed by atoms with Crippen LogP contribution in [0.25, 0.3) is 22.3 Å². The van der Waals surface area contributed by atoms with Crippen molar-refractivity contribution in [3.8, 4) is 22.3 Å². The molecule has 3 N–H and O–H groups in total. The molecule has 222 valence electrons. The van der Waals surface area contributed by atoms with Gasteiger partial charge in [0.05, 0.1) is 7.11 Å². The highest BCUT2D eigenvalue weighted by atomic mass is 16.5. The SMILES string of the molecule is COC(=O)Nc1cccc(-c2ccnc(NC3CCCCC3NC3CCCN(c4ccc(-c5cccnc5)cc4)C3)c2)c1. The summed E-state index contributed by atoms with van der Waals surface area (Å²) in [4.78, 5) is 23.1. The van der Waals surface area contributed by atoms with E-state index in [2.05, 4.69) is 67.2 Å². The minimum Gasteiger partial charge on any atom is -0.453 e. The number of carbonyl (C=O) groups excluding carboxylic acids is 1. The van der Waals surface area contributed by atoms with E-state index in [1.54, 1.807) is 0 Å². The fourth-order valence-electron chi connectivity index (χ4n) is 6.38. The maximum Gasteiger partial charge on any atom is 0.411 e. The number of nitrogens with zero attached hydrogens (tertiary/aromatic N) is 3. The Balaban J connectivity index is 1.09. The number of aromatic nitrogens is 2. The monoisotopic (exact) mass is 576 g/mol. The fourth-order valence-corrected chi connectivity index (χ4v) is 6.38. The van der Waals surface area contributed by atoms with Gasteiger partial charge in [-0.25, -0.2) is 9.78 Å². The van der Waals surface area contributed by atoms with Gasteiger partial charge in [-0.1, -0.05) is 43.2 Å². The summed E-state index contributed by atoms with van der Waals surface area (Å²) in [5, 5.41) is 10.6. The van der Waals surface area contributed by atoms with Crippen LogP contribution in [0.5, 0.6) is 0 Å². The molecule has 2 aromatic carbocycles. The van der Waals surface area contributed by atoms with E-state index in [0.29, 0.717) is 23.8 Å². The summed E-state index contributed by atoms with van der Waals surface area (Å²) in [6.07, 6.45) is 12.2. The molecule has 0 spiro atoms. The summed E-state index contributed by atoms with van der Waals surface area (Å²) in [6, 6.07) is 26.0. The van der Waals surface area contributed by atoms with E-state index >= 15 is 0 Å². The smallest absolute Gasteiger partial charge is 0.411 e. The molecule has 1 saturated heterocycles. The van der Waals surface area contributed by atoms with Gasteiger partial charge >= 0.3 is 6.09 Å². The lowest BCUT2D eigenvalue weighted by molar-refractivity contribution is 0.187. The van der Waals surface area contributed by atoms with Gasteiger partial charge in [0.25, 0.3) is 0 Å². The van der Waals surface area contributed by atoms with Gasteiger partial charge in [0.15, 0.2) is 0 Å². The molecule has 43 heavy (non-hydrogen) atoms. The van der Waals surface area contributed by atoms with Gasteiger partial charge in [-0.3, -0.25) is 10.3 Å². The molecule has 0 radical (unpaired) electrons. The summed E-state index contributed by atoms with van der Waals surface area (Å²) in [7, 11) is 1.36. The Hall–Kier alpha value is -4.43. The van der Waals surface area contributed by atoms with Gasteiger partial charge < -0.3 is 20.3 Å². The number of methoxy groups -OCH3 is 1. The number of anilines is 3. The molecule has 1 amide bonds. The Kier molecular flexibility index (Phi) is 9.13. The zero-order valence-corrected chi connectivity index (χ0v) is 24.7. The maximum absolute atomic E-state index is 11.7. The van der Waals surface area contributed by atoms with Crippen molar-refractivity contribution in [1.29, 1.82) is 0 Å². The van der Waals surface area contributed by atoms with Crippen LogP contribution in [0.4, 0.5) is 22.0 Å². The average molecular weight is 577 g/mol. The molecule has 0 bridgehead atoms. The summed E-state index contributed by atoms with van der Waals surface area (Å²) in [5.41, 5.74) is 6.37. The Morgan fingerprint density at radius 2 is 1.65 bits per heavy atom. The summed E-state index contributed by atoms with van der Waals surface area (Å²) >= 11 is 0. The zero-order chi connectivity index (χ0) is 29.4. The summed E-state index contributed by atoms with van der Waals surface area (Å²) in [6.45, 7) is 2.10. The number of rotatable bonds is 8. The van der Waals surface area contributed by atoms with Gasteiger partial charge in [0.2, 0.25) is 0 Å². The second-order valence-electron chi connectivity index (χ2n) is 11.5. The van der Waals surface area contributed by atoms with Gasteiger partial charge in [-0.2, -0.15) is 0 Å². The standard InChI is InChI=1S/C35H40N6O2/c1-43-35(42)39-29-9-4-7-26(21-29)27-17-19-37-34(22-27)40-33-12-3-2-11-32(33)38-30-10-6-20-41(24-30)31-15-13-25(14-16-31)28-8-5-18-36-23-28/h4-5,7-9,13-19,21-23,30,32-33,38H,2-3,6,10-12,20,24H2,1H3,(H,37,40)(H,39,42). The van der Waals surface area contributed by atoms with Crippen LogP contribution in [0.3, 0.4) is 0 Å². The molecule has 2 aliphatic rings. The van der Waals surface area contributed by atoms with Gasteiger partial charge in [0, 0.05) is 61.2 Å². The summed E-state index contributed by atoms with van der Waals surface area (Å²) < 4.78 is 4.74. The van der Waals surface area contributed by atoms with Crippen molar-refractivity contribution in [3.05, 3.63) is 91.4 Å². The molecule has 2 aromatic heterocycles. The van der Waals surface area contributed by atoms with Crippen molar-refractivity contribution >= 4 is 23.3 Å². The van der Waals surface area contributed by atoms with Crippen LogP contribution in [0.1, 0.15) is 38.5 Å². The van der Waals surface area contributed by atoms with Crippen molar-refractivity contribution in [1.82, 2.24) is 15.3 Å². The predicted molar refractivity (Wildman–Crippen MR) is 173 cm³/mol. The first-order chi connectivity index (χ1) is 21.1. The van der Waals surface area contributed by atoms with E-state index < -0.39 is 6.09 Å². The van der Waals surface area contributed by atoms with Gasteiger partial charge in [-0.05, 0) is 90.4 Å². The number of amides is 1. The van der Waals surface area contributed by atoms with Crippen molar-refractivity contribution < 1.29 is 9.53 Å². The average Bonchev–Trinajstić information content (AvgIpc) is 3.06. The van der Waals surface area contributed by atoms with Crippen LogP contribution in [-0.2, 0) is 4.74 Å². The van der Waals surface area contributed by atoms with E-state index in [0.717, 1.165) is 48.4 Å². The highest BCUT2D eigenvalue weighted by molar-refractivity contribution is 5.86. The number of pyridine rings is 2. The van der Waals surface area contributed by atoms with Gasteiger partial charge in [0.1, 0.15) is 5.82 Å². The molecule has 1 aliphatic heterocycles. The van der Waals surface area contributed by atoms with Crippen molar-refractivity contribution in [2.75, 3.05) is 35.7 Å². The molecule has 4 aromatic rings. The van der Waals surface area contributed by atoms with E-state index in [1.165, 1.54) is 44.0 Å². The number of carbonyl (C=O) groups is 1. The minimum absolute atomic E-state index is 0.318. The first-order valence-corrected chi connectivity index (χ1v) is 15.3. The lowest BCUT2D eigenvalue weighted by Crippen LogP contribution is -2.54. The quantitative estimate of drug-likeness (QED) is 0.209. The Labute approximate surface area is 253 Å². The topological polar surface area (TPSA) is 91.4 Å². The summed E-state index contributed by atoms with van der Waals surface area (Å²) in [5.74, 6) is 0.876. The molecule has 3 unspecified atom stereocenters. The zero-order valence-electron chi connectivity index (χ0n) is 24.7. The number of benzene rings is 2. The van der Waals surface area contributed by atoms with Crippen LogP contribution >= 0.6 is 0 Å². The molecule has 1 saturated carbocycles. The lowest BCUT2D eigenvalue weighted by atomic mass is 9.89. The third-order valence-corrected chi connectivity index (χ3v) is 8.59. The molecule has 8 heteroatoms. The number of piperidine rings is 1. The number of hydrogen-bond acceptors (Lipinski definition) is 7. The van der Waals surface area contributed by atoms with E-state index in [9.17, 15) is 4.79 Å². The number of nitrogens with one attached hydrogen (secondary N) is 3. The van der Waals surface area contributed by atoms with Crippen LogP contribution in [0, 0.1) is 0 Å². The first kappa shape index (κ1) is 28.7. The second kappa shape index (κ2) is 13.7. The molecule has 8 nitrogen and oxygen atoms in total. The van der Waals surface area contributed by atoms with E-state index in [4.69, 9.17) is 4.74 Å². The second-order valence-corrected chi connectivity index (χ2v) is 11.5. The van der Waals surface area contributed by atoms with Crippen molar-refractivity contribution in [2.24, 2.45) is 0 Å². The Bertz CT molecular complexity index is 1500. The Morgan fingerprint density at radius 1 is 0.837 bits per heavy atom. The molecular formula is C35H40N6O2. The molecule has 2 fully saturated rings. The van der Waals surface area contributed by atoms with Crippen LogP contribution in [0.2, 0.25) is 0 Å². The highest BCUT2D eigenvalue weighted by Crippen LogP contribution is 2.29.